The molecule has 0 aromatic heterocycles. The third-order valence-corrected chi connectivity index (χ3v) is 7.75. The van der Waals surface area contributed by atoms with Gasteiger partial charge in [0.2, 0.25) is 16.8 Å². The van der Waals surface area contributed by atoms with Crippen LogP contribution in [0.25, 0.3) is 0 Å². The Morgan fingerprint density at radius 3 is 2.33 bits per heavy atom. The number of carboxylic acids is 1. The Labute approximate surface area is 230 Å². The number of ether oxygens (including phenoxy) is 2. The number of nitriles is 1. The van der Waals surface area contributed by atoms with Gasteiger partial charge in [0.15, 0.2) is 11.5 Å². The van der Waals surface area contributed by atoms with Crippen LogP contribution in [0.2, 0.25) is 0 Å². The van der Waals surface area contributed by atoms with Gasteiger partial charge in [-0.25, -0.2) is 13.2 Å². The molecule has 0 radical (unpaired) electrons. The zero-order chi connectivity index (χ0) is 30.1. The number of aliphatic hydroxyl groups excluding tert-OH is 1. The van der Waals surface area contributed by atoms with Crippen molar-refractivity contribution in [1.82, 2.24) is 4.31 Å². The molecular formula is C26H32F3N3O7S. The van der Waals surface area contributed by atoms with E-state index >= 15 is 0 Å². The fraction of sp³-hybridized carbons (Fsp3) is 0.462. The van der Waals surface area contributed by atoms with E-state index in [-0.39, 0.29) is 24.8 Å². The highest BCUT2D eigenvalue weighted by molar-refractivity contribution is 7.89. The van der Waals surface area contributed by atoms with Crippen LogP contribution in [-0.2, 0) is 21.2 Å². The van der Waals surface area contributed by atoms with Crippen molar-refractivity contribution in [2.45, 2.75) is 56.3 Å². The Balaban J connectivity index is 0.000000708. The summed E-state index contributed by atoms with van der Waals surface area (Å²) < 4.78 is 70.9. The van der Waals surface area contributed by atoms with E-state index in [9.17, 15) is 26.7 Å². The third-order valence-electron chi connectivity index (χ3n) is 5.94. The maximum Gasteiger partial charge on any atom is 0.490 e. The van der Waals surface area contributed by atoms with Gasteiger partial charge in [0.05, 0.1) is 17.1 Å². The van der Waals surface area contributed by atoms with Crippen LogP contribution in [0.3, 0.4) is 0 Å². The average Bonchev–Trinajstić information content (AvgIpc) is 3.35. The maximum atomic E-state index is 13.6. The van der Waals surface area contributed by atoms with Gasteiger partial charge in [-0.2, -0.15) is 22.7 Å². The van der Waals surface area contributed by atoms with Crippen molar-refractivity contribution in [1.29, 1.82) is 5.26 Å². The van der Waals surface area contributed by atoms with Crippen LogP contribution in [0.15, 0.2) is 53.4 Å². The summed E-state index contributed by atoms with van der Waals surface area (Å²) in [6.45, 7) is 3.81. The maximum absolute atomic E-state index is 13.6. The van der Waals surface area contributed by atoms with E-state index in [1.807, 2.05) is 44.2 Å². The monoisotopic (exact) mass is 587 g/mol. The number of alkyl halides is 3. The lowest BCUT2D eigenvalue weighted by Crippen LogP contribution is -2.48. The molecule has 2 atom stereocenters. The number of carbonyl (C=O) groups is 1. The molecular weight excluding hydrogens is 555 g/mol. The van der Waals surface area contributed by atoms with Crippen molar-refractivity contribution >= 4 is 16.0 Å². The first-order valence-electron chi connectivity index (χ1n) is 12.1. The molecule has 0 saturated carbocycles. The van der Waals surface area contributed by atoms with Crippen LogP contribution in [0, 0.1) is 16.7 Å². The van der Waals surface area contributed by atoms with Crippen LogP contribution < -0.4 is 15.2 Å². The van der Waals surface area contributed by atoms with Crippen LogP contribution >= 0.6 is 0 Å². The smallest absolute Gasteiger partial charge is 0.475 e. The number of aliphatic carboxylic acids is 1. The van der Waals surface area contributed by atoms with E-state index in [1.54, 1.807) is 6.07 Å². The van der Waals surface area contributed by atoms with Gasteiger partial charge >= 0.3 is 12.1 Å². The second kappa shape index (κ2) is 13.8. The summed E-state index contributed by atoms with van der Waals surface area (Å²) in [6, 6.07) is 15.4. The highest BCUT2D eigenvalue weighted by Crippen LogP contribution is 2.35. The molecule has 3 rings (SSSR count). The normalized spacial score (nSPS) is 14.6. The molecule has 2 aromatic rings. The van der Waals surface area contributed by atoms with Gasteiger partial charge in [-0.15, -0.1) is 0 Å². The molecule has 40 heavy (non-hydrogen) atoms. The number of aliphatic hydroxyl groups is 1. The minimum atomic E-state index is -5.08. The zero-order valence-corrected chi connectivity index (χ0v) is 22.8. The largest absolute Gasteiger partial charge is 0.490 e. The number of hydrogen-bond donors (Lipinski definition) is 3. The highest BCUT2D eigenvalue weighted by Gasteiger charge is 2.38. The van der Waals surface area contributed by atoms with Gasteiger partial charge in [-0.05, 0) is 36.0 Å². The predicted molar refractivity (Wildman–Crippen MR) is 138 cm³/mol. The molecule has 1 heterocycles. The van der Waals surface area contributed by atoms with Crippen molar-refractivity contribution < 1.29 is 46.1 Å². The van der Waals surface area contributed by atoms with Gasteiger partial charge in [-0.1, -0.05) is 44.2 Å². The minimum Gasteiger partial charge on any atom is -0.475 e. The second-order valence-electron chi connectivity index (χ2n) is 9.86. The fourth-order valence-corrected chi connectivity index (χ4v) is 5.41. The lowest BCUT2D eigenvalue weighted by atomic mass is 9.88. The van der Waals surface area contributed by atoms with Gasteiger partial charge in [0.25, 0.3) is 0 Å². The van der Waals surface area contributed by atoms with Crippen molar-refractivity contribution in [2.75, 3.05) is 19.9 Å². The number of halogens is 3. The second-order valence-corrected chi connectivity index (χ2v) is 11.8. The summed E-state index contributed by atoms with van der Waals surface area (Å²) >= 11 is 0. The summed E-state index contributed by atoms with van der Waals surface area (Å²) in [7, 11) is -3.98. The van der Waals surface area contributed by atoms with E-state index in [2.05, 4.69) is 6.07 Å². The van der Waals surface area contributed by atoms with E-state index in [0.29, 0.717) is 30.8 Å². The molecule has 220 valence electrons. The van der Waals surface area contributed by atoms with E-state index in [0.717, 1.165) is 5.56 Å². The number of nitrogens with zero attached hydrogens (tertiary/aromatic N) is 2. The molecule has 0 amide bonds. The van der Waals surface area contributed by atoms with Crippen molar-refractivity contribution in [3.05, 3.63) is 54.1 Å². The minimum absolute atomic E-state index is 0.0385. The molecule has 0 aliphatic carbocycles. The summed E-state index contributed by atoms with van der Waals surface area (Å²) in [5, 5.41) is 27.0. The summed E-state index contributed by atoms with van der Waals surface area (Å²) in [4.78, 5) is 8.94. The molecule has 14 heteroatoms. The number of benzene rings is 2. The van der Waals surface area contributed by atoms with E-state index in [4.69, 9.17) is 30.4 Å². The zero-order valence-electron chi connectivity index (χ0n) is 22.0. The highest BCUT2D eigenvalue weighted by atomic mass is 32.2. The molecule has 2 aromatic carbocycles. The van der Waals surface area contributed by atoms with E-state index < -0.39 is 39.7 Å². The quantitative estimate of drug-likeness (QED) is 0.358. The third kappa shape index (κ3) is 9.67. The topological polar surface area (TPSA) is 163 Å². The number of rotatable bonds is 11. The van der Waals surface area contributed by atoms with Crippen LogP contribution in [0.4, 0.5) is 13.2 Å². The van der Waals surface area contributed by atoms with Gasteiger partial charge < -0.3 is 25.4 Å². The number of carboxylic acid groups (broad SMARTS) is 1. The fourth-order valence-electron chi connectivity index (χ4n) is 3.75. The number of fused-ring (bicyclic) bond motifs is 1. The standard InChI is InChI=1S/C24H31N3O5S.C2HF3O2/c1-24(2,11-6-12-25)16-27(15-21(28)20(26)13-18-7-4-3-5-8-18)33(29,30)19-9-10-22-23(14-19)32-17-31-22;3-2(4,5)1(6)7/h3-5,7-10,14,20-21,28H,6,11,13,15-17,26H2,1-2H3;(H,6,7)/t20-,21+;/m0./s1. The summed E-state index contributed by atoms with van der Waals surface area (Å²) in [5.41, 5.74) is 6.72. The SMILES string of the molecule is CC(C)(CCC#N)CN(C[C@@H](O)[C@@H](N)Cc1ccccc1)S(=O)(=O)c1ccc2c(c1)OCO2.O=C(O)C(F)(F)F. The van der Waals surface area contributed by atoms with E-state index in [1.165, 1.54) is 16.4 Å². The first-order chi connectivity index (χ1) is 18.6. The van der Waals surface area contributed by atoms with Crippen LogP contribution in [0.5, 0.6) is 11.5 Å². The van der Waals surface area contributed by atoms with Crippen molar-refractivity contribution in [3.63, 3.8) is 0 Å². The van der Waals surface area contributed by atoms with Gasteiger partial charge in [-0.3, -0.25) is 0 Å². The van der Waals surface area contributed by atoms with Crippen LogP contribution in [-0.4, -0.2) is 67.1 Å². The lowest BCUT2D eigenvalue weighted by Gasteiger charge is -2.34. The van der Waals surface area contributed by atoms with Crippen molar-refractivity contribution in [3.8, 4) is 17.6 Å². The Bertz CT molecular complexity index is 1280. The Kier molecular flexibility index (Phi) is 11.3. The molecule has 1 aliphatic heterocycles. The summed E-state index contributed by atoms with van der Waals surface area (Å²) in [6.07, 6.45) is -4.93. The Morgan fingerprint density at radius 1 is 1.15 bits per heavy atom. The molecule has 10 nitrogen and oxygen atoms in total. The Hall–Kier alpha value is -3.38. The summed E-state index contributed by atoms with van der Waals surface area (Å²) in [5.74, 6) is -1.91. The first kappa shape index (κ1) is 32.8. The Morgan fingerprint density at radius 2 is 1.75 bits per heavy atom. The molecule has 0 fully saturated rings. The van der Waals surface area contributed by atoms with Gasteiger partial charge in [0.1, 0.15) is 0 Å². The number of hydrogen-bond acceptors (Lipinski definition) is 8. The molecule has 0 bridgehead atoms. The number of sulfonamides is 1. The molecule has 0 unspecified atom stereocenters. The first-order valence-corrected chi connectivity index (χ1v) is 13.6. The van der Waals surface area contributed by atoms with Crippen LogP contribution in [0.1, 0.15) is 32.3 Å². The predicted octanol–water partition coefficient (Wildman–Crippen LogP) is 3.30. The number of nitrogens with two attached hydrogens (primary N) is 1. The molecule has 4 N–H and O–H groups in total. The lowest BCUT2D eigenvalue weighted by molar-refractivity contribution is -0.192. The molecule has 0 saturated heterocycles. The van der Waals surface area contributed by atoms with Gasteiger partial charge in [0, 0.05) is 31.6 Å². The van der Waals surface area contributed by atoms with Crippen molar-refractivity contribution in [2.24, 2.45) is 11.1 Å². The molecule has 0 spiro atoms. The molecule has 1 aliphatic rings. The average molecular weight is 588 g/mol.